The minimum atomic E-state index is -0.789. The van der Waals surface area contributed by atoms with Gasteiger partial charge in [0.25, 0.3) is 0 Å². The lowest BCUT2D eigenvalue weighted by Gasteiger charge is -2.17. The van der Waals surface area contributed by atoms with E-state index in [9.17, 15) is 9.90 Å². The summed E-state index contributed by atoms with van der Waals surface area (Å²) in [7, 11) is 0. The van der Waals surface area contributed by atoms with E-state index in [0.717, 1.165) is 10.6 Å². The number of urea groups is 1. The minimum absolute atomic E-state index is 0.0884. The summed E-state index contributed by atoms with van der Waals surface area (Å²) in [6.07, 6.45) is -0.910. The van der Waals surface area contributed by atoms with Crippen molar-refractivity contribution in [3.05, 3.63) is 40.9 Å². The second-order valence-electron chi connectivity index (χ2n) is 5.00. The topological polar surface area (TPSA) is 96.4 Å². The second kappa shape index (κ2) is 8.56. The van der Waals surface area contributed by atoms with Crippen molar-refractivity contribution in [1.82, 2.24) is 15.5 Å². The number of anilines is 1. The molecule has 3 N–H and O–H groups in total. The molecule has 8 heteroatoms. The highest BCUT2D eigenvalue weighted by molar-refractivity contribution is 7.15. The number of aliphatic hydroxyl groups is 1. The van der Waals surface area contributed by atoms with Crippen LogP contribution in [0.15, 0.2) is 30.3 Å². The molecule has 23 heavy (non-hydrogen) atoms. The number of amides is 2. The fraction of sp³-hybridized carbons (Fsp3) is 0.400. The van der Waals surface area contributed by atoms with E-state index in [1.165, 1.54) is 11.3 Å². The van der Waals surface area contributed by atoms with E-state index >= 15 is 0 Å². The van der Waals surface area contributed by atoms with Gasteiger partial charge in [0.05, 0.1) is 18.8 Å². The van der Waals surface area contributed by atoms with Crippen molar-refractivity contribution in [3.63, 3.8) is 0 Å². The second-order valence-corrected chi connectivity index (χ2v) is 6.18. The molecule has 0 saturated heterocycles. The lowest BCUT2D eigenvalue weighted by Crippen LogP contribution is -2.37. The molecular weight excluding hydrogens is 316 g/mol. The summed E-state index contributed by atoms with van der Waals surface area (Å²) in [5, 5.41) is 23.8. The quantitative estimate of drug-likeness (QED) is 0.719. The number of aliphatic hydroxyl groups excluding tert-OH is 1. The SMILES string of the molecule is Cc1nnc(NC(=O)NC[C@H](O)CO[C@H](C)c2ccccc2)s1. The number of nitrogens with one attached hydrogen (secondary N) is 2. The van der Waals surface area contributed by atoms with E-state index in [1.54, 1.807) is 6.92 Å². The maximum atomic E-state index is 11.7. The van der Waals surface area contributed by atoms with Crippen LogP contribution in [0, 0.1) is 6.92 Å². The van der Waals surface area contributed by atoms with E-state index in [2.05, 4.69) is 20.8 Å². The predicted octanol–water partition coefficient (Wildman–Crippen LogP) is 2.11. The highest BCUT2D eigenvalue weighted by atomic mass is 32.1. The molecular formula is C15H20N4O3S. The number of ether oxygens (including phenoxy) is 1. The van der Waals surface area contributed by atoms with Gasteiger partial charge >= 0.3 is 6.03 Å². The Morgan fingerprint density at radius 3 is 2.74 bits per heavy atom. The summed E-state index contributed by atoms with van der Waals surface area (Å²) in [6, 6.07) is 9.31. The Kier molecular flexibility index (Phi) is 6.45. The molecule has 0 saturated carbocycles. The largest absolute Gasteiger partial charge is 0.389 e. The van der Waals surface area contributed by atoms with Crippen molar-refractivity contribution in [2.75, 3.05) is 18.5 Å². The van der Waals surface area contributed by atoms with Crippen molar-refractivity contribution >= 4 is 22.5 Å². The zero-order chi connectivity index (χ0) is 16.7. The summed E-state index contributed by atoms with van der Waals surface area (Å²) >= 11 is 1.28. The Balaban J connectivity index is 1.66. The van der Waals surface area contributed by atoms with Gasteiger partial charge in [-0.2, -0.15) is 0 Å². The maximum Gasteiger partial charge on any atom is 0.321 e. The molecule has 0 aliphatic heterocycles. The molecule has 1 aromatic carbocycles. The number of hydrogen-bond acceptors (Lipinski definition) is 6. The van der Waals surface area contributed by atoms with E-state index in [1.807, 2.05) is 37.3 Å². The summed E-state index contributed by atoms with van der Waals surface area (Å²) in [4.78, 5) is 11.7. The lowest BCUT2D eigenvalue weighted by molar-refractivity contribution is -0.000953. The molecule has 0 fully saturated rings. The van der Waals surface area contributed by atoms with Crippen LogP contribution < -0.4 is 10.6 Å². The average molecular weight is 336 g/mol. The fourth-order valence-electron chi connectivity index (χ4n) is 1.83. The van der Waals surface area contributed by atoms with Crippen LogP contribution in [0.2, 0.25) is 0 Å². The third-order valence-corrected chi connectivity index (χ3v) is 3.81. The van der Waals surface area contributed by atoms with E-state index in [4.69, 9.17) is 4.74 Å². The minimum Gasteiger partial charge on any atom is -0.389 e. The third kappa shape index (κ3) is 5.93. The van der Waals surface area contributed by atoms with Gasteiger partial charge in [0.2, 0.25) is 5.13 Å². The van der Waals surface area contributed by atoms with Gasteiger partial charge in [0, 0.05) is 6.54 Å². The van der Waals surface area contributed by atoms with Crippen molar-refractivity contribution in [3.8, 4) is 0 Å². The zero-order valence-corrected chi connectivity index (χ0v) is 13.8. The van der Waals surface area contributed by atoms with Crippen LogP contribution in [0.4, 0.5) is 9.93 Å². The van der Waals surface area contributed by atoms with Crippen molar-refractivity contribution < 1.29 is 14.6 Å². The predicted molar refractivity (Wildman–Crippen MR) is 88.5 cm³/mol. The molecule has 0 radical (unpaired) electrons. The zero-order valence-electron chi connectivity index (χ0n) is 13.0. The molecule has 1 heterocycles. The summed E-state index contributed by atoms with van der Waals surface area (Å²) in [5.41, 5.74) is 1.04. The van der Waals surface area contributed by atoms with Crippen molar-refractivity contribution in [2.24, 2.45) is 0 Å². The number of aryl methyl sites for hydroxylation is 1. The van der Waals surface area contributed by atoms with Crippen LogP contribution in [0.3, 0.4) is 0 Å². The molecule has 124 valence electrons. The van der Waals surface area contributed by atoms with Gasteiger partial charge in [-0.25, -0.2) is 4.79 Å². The van der Waals surface area contributed by atoms with Crippen LogP contribution in [-0.2, 0) is 4.74 Å². The number of rotatable bonds is 7. The summed E-state index contributed by atoms with van der Waals surface area (Å²) in [5.74, 6) is 0. The number of benzene rings is 1. The Morgan fingerprint density at radius 2 is 2.09 bits per heavy atom. The van der Waals surface area contributed by atoms with Crippen LogP contribution in [0.5, 0.6) is 0 Å². The van der Waals surface area contributed by atoms with Gasteiger partial charge in [0.15, 0.2) is 0 Å². The molecule has 1 aromatic heterocycles. The smallest absolute Gasteiger partial charge is 0.321 e. The average Bonchev–Trinajstić information content (AvgIpc) is 2.96. The van der Waals surface area contributed by atoms with E-state index < -0.39 is 12.1 Å². The molecule has 2 rings (SSSR count). The Labute approximate surface area is 138 Å². The number of carbonyl (C=O) groups is 1. The Bertz CT molecular complexity index is 620. The standard InChI is InChI=1S/C15H20N4O3S/c1-10(12-6-4-3-5-7-12)22-9-13(20)8-16-14(21)17-15-19-18-11(2)23-15/h3-7,10,13,20H,8-9H2,1-2H3,(H2,16,17,19,21)/t10-,13+/m1/s1. The molecule has 2 aromatic rings. The van der Waals surface area contributed by atoms with Gasteiger partial charge in [-0.3, -0.25) is 5.32 Å². The van der Waals surface area contributed by atoms with Gasteiger partial charge in [-0.15, -0.1) is 10.2 Å². The molecule has 0 aliphatic carbocycles. The van der Waals surface area contributed by atoms with Gasteiger partial charge in [-0.1, -0.05) is 41.7 Å². The Morgan fingerprint density at radius 1 is 1.35 bits per heavy atom. The normalized spacial score (nSPS) is 13.3. The highest BCUT2D eigenvalue weighted by Crippen LogP contribution is 2.16. The molecule has 7 nitrogen and oxygen atoms in total. The Hall–Kier alpha value is -2.03. The lowest BCUT2D eigenvalue weighted by atomic mass is 10.1. The highest BCUT2D eigenvalue weighted by Gasteiger charge is 2.12. The monoisotopic (exact) mass is 336 g/mol. The van der Waals surface area contributed by atoms with E-state index in [-0.39, 0.29) is 19.3 Å². The number of aromatic nitrogens is 2. The van der Waals surface area contributed by atoms with Crippen LogP contribution in [0.1, 0.15) is 23.6 Å². The number of carbonyl (C=O) groups excluding carboxylic acids is 1. The fourth-order valence-corrected chi connectivity index (χ4v) is 2.42. The van der Waals surface area contributed by atoms with Gasteiger partial charge < -0.3 is 15.2 Å². The first kappa shape index (κ1) is 17.3. The van der Waals surface area contributed by atoms with Crippen molar-refractivity contribution in [2.45, 2.75) is 26.1 Å². The third-order valence-electron chi connectivity index (χ3n) is 3.05. The molecule has 2 atom stereocenters. The molecule has 2 amide bonds. The van der Waals surface area contributed by atoms with Gasteiger partial charge in [0.1, 0.15) is 5.01 Å². The summed E-state index contributed by atoms with van der Waals surface area (Å²) < 4.78 is 5.60. The number of hydrogen-bond donors (Lipinski definition) is 3. The van der Waals surface area contributed by atoms with Crippen LogP contribution in [0.25, 0.3) is 0 Å². The maximum absolute atomic E-state index is 11.7. The van der Waals surface area contributed by atoms with E-state index in [0.29, 0.717) is 5.13 Å². The first-order chi connectivity index (χ1) is 11.0. The summed E-state index contributed by atoms with van der Waals surface area (Å²) in [6.45, 7) is 3.94. The van der Waals surface area contributed by atoms with Gasteiger partial charge in [-0.05, 0) is 19.4 Å². The number of nitrogens with zero attached hydrogens (tertiary/aromatic N) is 2. The van der Waals surface area contributed by atoms with Crippen LogP contribution in [-0.4, -0.2) is 40.6 Å². The molecule has 0 bridgehead atoms. The first-order valence-electron chi connectivity index (χ1n) is 7.24. The van der Waals surface area contributed by atoms with Crippen molar-refractivity contribution in [1.29, 1.82) is 0 Å². The molecule has 0 unspecified atom stereocenters. The first-order valence-corrected chi connectivity index (χ1v) is 8.06. The molecule has 0 aliphatic rings. The molecule has 0 spiro atoms. The van der Waals surface area contributed by atoms with Crippen LogP contribution >= 0.6 is 11.3 Å².